The third-order valence-electron chi connectivity index (χ3n) is 4.34. The van der Waals surface area contributed by atoms with Crippen LogP contribution in [-0.2, 0) is 11.2 Å². The first-order valence-corrected chi connectivity index (χ1v) is 9.72. The maximum atomic E-state index is 12.8. The third kappa shape index (κ3) is 6.97. The second kappa shape index (κ2) is 10.7. The molecule has 0 aromatic heterocycles. The Kier molecular flexibility index (Phi) is 8.31. The molecule has 1 amide bonds. The molecule has 0 spiro atoms. The van der Waals surface area contributed by atoms with E-state index < -0.39 is 5.97 Å². The molecule has 0 saturated heterocycles. The number of hydrogen-bond donors (Lipinski definition) is 3. The van der Waals surface area contributed by atoms with Gasteiger partial charge in [0.05, 0.1) is 16.6 Å². The third-order valence-corrected chi connectivity index (χ3v) is 4.81. The van der Waals surface area contributed by atoms with Crippen LogP contribution in [0.15, 0.2) is 71.4 Å². The standard InChI is InChI=1S/C22H22Cl2N2O3/c1-14(16-7-9-17(10-8-16)22(28)29)26-21(27)18(12-20(24)13-25)6-5-15-3-2-4-19(23)11-15/h2-4,7-14H,5-6,25H2,1H3,(H,26,27)(H,28,29)/b18-12+,20-13+. The number of halogens is 2. The van der Waals surface area contributed by atoms with E-state index in [1.807, 2.05) is 25.1 Å². The number of rotatable bonds is 8. The number of carbonyl (C=O) groups is 2. The predicted molar refractivity (Wildman–Crippen MR) is 116 cm³/mol. The lowest BCUT2D eigenvalue weighted by Gasteiger charge is -2.16. The molecule has 0 heterocycles. The van der Waals surface area contributed by atoms with Gasteiger partial charge in [-0.1, -0.05) is 47.5 Å². The summed E-state index contributed by atoms with van der Waals surface area (Å²) in [7, 11) is 0. The summed E-state index contributed by atoms with van der Waals surface area (Å²) in [5.74, 6) is -1.27. The Bertz CT molecular complexity index is 937. The van der Waals surface area contributed by atoms with E-state index in [0.29, 0.717) is 23.4 Å². The van der Waals surface area contributed by atoms with Crippen LogP contribution in [0.4, 0.5) is 0 Å². The van der Waals surface area contributed by atoms with Crippen LogP contribution in [0.5, 0.6) is 0 Å². The van der Waals surface area contributed by atoms with Crippen molar-refractivity contribution in [3.63, 3.8) is 0 Å². The van der Waals surface area contributed by atoms with Gasteiger partial charge in [0, 0.05) is 16.8 Å². The maximum absolute atomic E-state index is 12.8. The highest BCUT2D eigenvalue weighted by atomic mass is 35.5. The molecule has 0 aliphatic heterocycles. The molecule has 0 fully saturated rings. The zero-order valence-corrected chi connectivity index (χ0v) is 17.4. The fraction of sp³-hybridized carbons (Fsp3) is 0.182. The van der Waals surface area contributed by atoms with Gasteiger partial charge in [-0.05, 0) is 61.2 Å². The summed E-state index contributed by atoms with van der Waals surface area (Å²) in [5, 5.41) is 12.8. The van der Waals surface area contributed by atoms with Gasteiger partial charge in [-0.15, -0.1) is 0 Å². The van der Waals surface area contributed by atoms with Crippen LogP contribution in [0.3, 0.4) is 0 Å². The topological polar surface area (TPSA) is 92.4 Å². The van der Waals surface area contributed by atoms with Gasteiger partial charge in [0.25, 0.3) is 0 Å². The number of allylic oxidation sites excluding steroid dienone is 2. The normalized spacial score (nSPS) is 13.1. The molecule has 0 bridgehead atoms. The first-order chi connectivity index (χ1) is 13.8. The van der Waals surface area contributed by atoms with Gasteiger partial charge in [0.1, 0.15) is 0 Å². The number of aryl methyl sites for hydroxylation is 1. The van der Waals surface area contributed by atoms with Crippen molar-refractivity contribution in [2.45, 2.75) is 25.8 Å². The maximum Gasteiger partial charge on any atom is 0.335 e. The minimum atomic E-state index is -0.998. The first kappa shape index (κ1) is 22.5. The molecule has 2 aromatic rings. The van der Waals surface area contributed by atoms with Gasteiger partial charge in [0.15, 0.2) is 0 Å². The fourth-order valence-electron chi connectivity index (χ4n) is 2.72. The summed E-state index contributed by atoms with van der Waals surface area (Å²) in [4.78, 5) is 23.8. The number of carbonyl (C=O) groups excluding carboxylic acids is 1. The number of aromatic carboxylic acids is 1. The van der Waals surface area contributed by atoms with Gasteiger partial charge in [-0.3, -0.25) is 4.79 Å². The number of benzene rings is 2. The quantitative estimate of drug-likeness (QED) is 0.411. The van der Waals surface area contributed by atoms with Gasteiger partial charge < -0.3 is 16.2 Å². The molecule has 0 radical (unpaired) electrons. The van der Waals surface area contributed by atoms with Crippen molar-refractivity contribution in [3.05, 3.63) is 93.1 Å². The molecule has 4 N–H and O–H groups in total. The van der Waals surface area contributed by atoms with Gasteiger partial charge in [-0.25, -0.2) is 4.79 Å². The SMILES string of the molecule is CC(NC(=O)/C(=C/C(Cl)=C\N)CCc1cccc(Cl)c1)c1ccc(C(=O)O)cc1. The lowest BCUT2D eigenvalue weighted by atomic mass is 10.0. The molecule has 0 aliphatic rings. The Morgan fingerprint density at radius 3 is 2.48 bits per heavy atom. The molecule has 29 heavy (non-hydrogen) atoms. The number of carboxylic acid groups (broad SMARTS) is 1. The highest BCUT2D eigenvalue weighted by Gasteiger charge is 2.15. The summed E-state index contributed by atoms with van der Waals surface area (Å²) in [6.45, 7) is 1.82. The molecule has 1 atom stereocenters. The number of carboxylic acids is 1. The zero-order valence-electron chi connectivity index (χ0n) is 15.9. The molecular formula is C22H22Cl2N2O3. The predicted octanol–water partition coefficient (Wildman–Crippen LogP) is 4.81. The molecule has 7 heteroatoms. The van der Waals surface area contributed by atoms with E-state index in [0.717, 1.165) is 11.1 Å². The van der Waals surface area contributed by atoms with E-state index in [4.69, 9.17) is 34.0 Å². The first-order valence-electron chi connectivity index (χ1n) is 8.96. The van der Waals surface area contributed by atoms with Crippen molar-refractivity contribution >= 4 is 35.1 Å². The Hall–Kier alpha value is -2.76. The molecule has 0 saturated carbocycles. The van der Waals surface area contributed by atoms with Crippen molar-refractivity contribution in [1.82, 2.24) is 5.32 Å². The van der Waals surface area contributed by atoms with Crippen LogP contribution in [0.25, 0.3) is 0 Å². The van der Waals surface area contributed by atoms with Crippen molar-refractivity contribution < 1.29 is 14.7 Å². The van der Waals surface area contributed by atoms with Crippen molar-refractivity contribution in [1.29, 1.82) is 0 Å². The van der Waals surface area contributed by atoms with Crippen LogP contribution < -0.4 is 11.1 Å². The Balaban J connectivity index is 2.12. The minimum absolute atomic E-state index is 0.189. The molecule has 0 aliphatic carbocycles. The average Bonchev–Trinajstić information content (AvgIpc) is 2.70. The van der Waals surface area contributed by atoms with E-state index in [2.05, 4.69) is 5.32 Å². The van der Waals surface area contributed by atoms with E-state index in [-0.39, 0.29) is 22.5 Å². The van der Waals surface area contributed by atoms with E-state index >= 15 is 0 Å². The number of nitrogens with two attached hydrogens (primary N) is 1. The molecular weight excluding hydrogens is 411 g/mol. The van der Waals surface area contributed by atoms with Crippen molar-refractivity contribution in [2.75, 3.05) is 0 Å². The number of hydrogen-bond acceptors (Lipinski definition) is 3. The van der Waals surface area contributed by atoms with Gasteiger partial charge in [-0.2, -0.15) is 0 Å². The summed E-state index contributed by atoms with van der Waals surface area (Å²) in [6.07, 6.45) is 3.82. The van der Waals surface area contributed by atoms with E-state index in [1.54, 1.807) is 24.3 Å². The highest BCUT2D eigenvalue weighted by molar-refractivity contribution is 6.31. The summed E-state index contributed by atoms with van der Waals surface area (Å²) in [5.41, 5.74) is 7.90. The summed E-state index contributed by atoms with van der Waals surface area (Å²) < 4.78 is 0. The fourth-order valence-corrected chi connectivity index (χ4v) is 3.07. The summed E-state index contributed by atoms with van der Waals surface area (Å²) in [6, 6.07) is 13.5. The highest BCUT2D eigenvalue weighted by Crippen LogP contribution is 2.19. The Morgan fingerprint density at radius 1 is 1.21 bits per heavy atom. The average molecular weight is 433 g/mol. The summed E-state index contributed by atoms with van der Waals surface area (Å²) >= 11 is 12.0. The second-order valence-corrected chi connectivity index (χ2v) is 7.35. The number of amides is 1. The molecule has 1 unspecified atom stereocenters. The van der Waals surface area contributed by atoms with E-state index in [9.17, 15) is 9.59 Å². The van der Waals surface area contributed by atoms with Crippen molar-refractivity contribution in [2.24, 2.45) is 5.73 Å². The minimum Gasteiger partial charge on any atom is -0.478 e. The van der Waals surface area contributed by atoms with E-state index in [1.165, 1.54) is 18.3 Å². The number of nitrogens with one attached hydrogen (secondary N) is 1. The lowest BCUT2D eigenvalue weighted by Crippen LogP contribution is -2.28. The Labute approximate surface area is 179 Å². The van der Waals surface area contributed by atoms with Crippen molar-refractivity contribution in [3.8, 4) is 0 Å². The van der Waals surface area contributed by atoms with Crippen LogP contribution >= 0.6 is 23.2 Å². The smallest absolute Gasteiger partial charge is 0.335 e. The van der Waals surface area contributed by atoms with Gasteiger partial charge >= 0.3 is 5.97 Å². The monoisotopic (exact) mass is 432 g/mol. The van der Waals surface area contributed by atoms with Crippen LogP contribution in [-0.4, -0.2) is 17.0 Å². The lowest BCUT2D eigenvalue weighted by molar-refractivity contribution is -0.118. The largest absolute Gasteiger partial charge is 0.478 e. The van der Waals surface area contributed by atoms with Crippen LogP contribution in [0.1, 0.15) is 40.9 Å². The molecule has 5 nitrogen and oxygen atoms in total. The molecule has 2 rings (SSSR count). The second-order valence-electron chi connectivity index (χ2n) is 6.47. The zero-order chi connectivity index (χ0) is 21.4. The van der Waals surface area contributed by atoms with Crippen LogP contribution in [0.2, 0.25) is 5.02 Å². The Morgan fingerprint density at radius 2 is 1.90 bits per heavy atom. The molecule has 2 aromatic carbocycles. The van der Waals surface area contributed by atoms with Crippen LogP contribution in [0, 0.1) is 0 Å². The molecule has 152 valence electrons. The van der Waals surface area contributed by atoms with Gasteiger partial charge in [0.2, 0.25) is 5.91 Å².